The molecule has 1 aromatic carbocycles. The van der Waals surface area contributed by atoms with Crippen LogP contribution in [0.15, 0.2) is 51.5 Å². The van der Waals surface area contributed by atoms with Crippen LogP contribution in [0.25, 0.3) is 11.3 Å². The number of pyridine rings is 1. The Bertz CT molecular complexity index is 587. The van der Waals surface area contributed by atoms with Gasteiger partial charge in [-0.1, -0.05) is 44.0 Å². The lowest BCUT2D eigenvalue weighted by Gasteiger charge is -2.01. The first kappa shape index (κ1) is 6.75. The van der Waals surface area contributed by atoms with E-state index in [0.29, 0.717) is 10.2 Å². The second-order valence-corrected chi connectivity index (χ2v) is 4.36. The van der Waals surface area contributed by atoms with Crippen molar-refractivity contribution < 1.29 is 4.11 Å². The summed E-state index contributed by atoms with van der Waals surface area (Å²) >= 11 is 6.50. The fourth-order valence-corrected chi connectivity index (χ4v) is 1.74. The number of hydrogen-bond donors (Lipinski definition) is 0. The van der Waals surface area contributed by atoms with Gasteiger partial charge in [-0.15, -0.1) is 0 Å². The molecule has 0 fully saturated rings. The Morgan fingerprint density at radius 2 is 2.07 bits per heavy atom. The fourth-order valence-electron chi connectivity index (χ4n) is 1.07. The summed E-state index contributed by atoms with van der Waals surface area (Å²) in [6.07, 6.45) is -0.136. The molecule has 0 unspecified atom stereocenters. The van der Waals surface area contributed by atoms with Crippen LogP contribution in [0.3, 0.4) is 0 Å². The van der Waals surface area contributed by atoms with E-state index in [1.165, 1.54) is 0 Å². The molecule has 0 spiro atoms. The minimum Gasteiger partial charge on any atom is -0.256 e. The molecule has 0 amide bonds. The van der Waals surface area contributed by atoms with Crippen LogP contribution in [0.5, 0.6) is 0 Å². The number of halogens is 2. The van der Waals surface area contributed by atoms with E-state index in [0.717, 1.165) is 10.0 Å². The van der Waals surface area contributed by atoms with E-state index in [-0.39, 0.29) is 18.3 Å². The van der Waals surface area contributed by atoms with Crippen LogP contribution in [0.4, 0.5) is 0 Å². The van der Waals surface area contributed by atoms with Crippen molar-refractivity contribution in [3.63, 3.8) is 0 Å². The van der Waals surface area contributed by atoms with Crippen LogP contribution in [-0.2, 0) is 0 Å². The van der Waals surface area contributed by atoms with Crippen molar-refractivity contribution in [3.05, 3.63) is 51.5 Å². The predicted molar refractivity (Wildman–Crippen MR) is 65.1 cm³/mol. The van der Waals surface area contributed by atoms with Crippen molar-refractivity contribution in [1.82, 2.24) is 4.98 Å². The highest BCUT2D eigenvalue weighted by molar-refractivity contribution is 9.10. The summed E-state index contributed by atoms with van der Waals surface area (Å²) < 4.78 is 24.2. The van der Waals surface area contributed by atoms with Crippen LogP contribution >= 0.6 is 31.9 Å². The number of rotatable bonds is 1. The minimum atomic E-state index is -0.136. The molecular formula is C11H7Br2N. The molecule has 0 aliphatic carbocycles. The van der Waals surface area contributed by atoms with Crippen molar-refractivity contribution in [3.8, 4) is 11.3 Å². The molecule has 0 atom stereocenters. The van der Waals surface area contributed by atoms with Gasteiger partial charge in [0.2, 0.25) is 0 Å². The molecule has 0 saturated carbocycles. The molecule has 0 bridgehead atoms. The standard InChI is InChI=1S/C11H7Br2N/c12-9-3-1-2-8(6-9)11-7-10(13)4-5-14-11/h1-7H/i4D,5D,7D. The molecule has 3 heteroatoms. The lowest BCUT2D eigenvalue weighted by Crippen LogP contribution is -1.82. The average molecular weight is 316 g/mol. The van der Waals surface area contributed by atoms with Crippen LogP contribution < -0.4 is 0 Å². The van der Waals surface area contributed by atoms with Gasteiger partial charge in [-0.3, -0.25) is 4.98 Å². The summed E-state index contributed by atoms with van der Waals surface area (Å²) in [5, 5.41) is 0. The van der Waals surface area contributed by atoms with Gasteiger partial charge < -0.3 is 0 Å². The van der Waals surface area contributed by atoms with Gasteiger partial charge in [0.05, 0.1) is 9.81 Å². The molecule has 2 aromatic rings. The smallest absolute Gasteiger partial charge is 0.0840 e. The molecule has 0 saturated heterocycles. The highest BCUT2D eigenvalue weighted by Gasteiger charge is 1.99. The molecule has 14 heavy (non-hydrogen) atoms. The van der Waals surface area contributed by atoms with Crippen LogP contribution in [-0.4, -0.2) is 4.98 Å². The largest absolute Gasteiger partial charge is 0.256 e. The Labute approximate surface area is 104 Å². The van der Waals surface area contributed by atoms with E-state index in [9.17, 15) is 0 Å². The zero-order valence-corrected chi connectivity index (χ0v) is 10.2. The molecule has 0 radical (unpaired) electrons. The van der Waals surface area contributed by atoms with E-state index in [1.807, 2.05) is 24.3 Å². The van der Waals surface area contributed by atoms with Gasteiger partial charge in [-0.25, -0.2) is 0 Å². The van der Waals surface area contributed by atoms with Gasteiger partial charge in [-0.05, 0) is 24.2 Å². The van der Waals surface area contributed by atoms with Gasteiger partial charge in [0.1, 0.15) is 0 Å². The van der Waals surface area contributed by atoms with Crippen LogP contribution in [0, 0.1) is 0 Å². The topological polar surface area (TPSA) is 12.9 Å². The van der Waals surface area contributed by atoms with E-state index < -0.39 is 0 Å². The van der Waals surface area contributed by atoms with Crippen molar-refractivity contribution in [2.45, 2.75) is 0 Å². The molecule has 1 aromatic heterocycles. The van der Waals surface area contributed by atoms with Crippen molar-refractivity contribution in [2.75, 3.05) is 0 Å². The Hall–Kier alpha value is -0.670. The predicted octanol–water partition coefficient (Wildman–Crippen LogP) is 4.27. The number of hydrogen-bond acceptors (Lipinski definition) is 1. The zero-order valence-electron chi connectivity index (χ0n) is 10.0. The van der Waals surface area contributed by atoms with Crippen molar-refractivity contribution in [1.29, 1.82) is 0 Å². The van der Waals surface area contributed by atoms with E-state index in [4.69, 9.17) is 4.11 Å². The van der Waals surface area contributed by atoms with Gasteiger partial charge in [0.15, 0.2) is 0 Å². The van der Waals surface area contributed by atoms with Gasteiger partial charge >= 0.3 is 0 Å². The van der Waals surface area contributed by atoms with Gasteiger partial charge in [-0.2, -0.15) is 0 Å². The van der Waals surface area contributed by atoms with E-state index in [2.05, 4.69) is 36.8 Å². The Morgan fingerprint density at radius 3 is 2.86 bits per heavy atom. The van der Waals surface area contributed by atoms with Crippen molar-refractivity contribution >= 4 is 31.9 Å². The summed E-state index contributed by atoms with van der Waals surface area (Å²) in [5.74, 6) is 0. The molecular weight excluding hydrogens is 306 g/mol. The summed E-state index contributed by atoms with van der Waals surface area (Å²) in [6.45, 7) is 0. The minimum absolute atomic E-state index is 0.0613. The Kier molecular flexibility index (Phi) is 2.04. The normalized spacial score (nSPS) is 13.1. The molecule has 1 heterocycles. The maximum absolute atomic E-state index is 7.91. The summed E-state index contributed by atoms with van der Waals surface area (Å²) in [5.41, 5.74) is 1.15. The monoisotopic (exact) mass is 314 g/mol. The summed E-state index contributed by atoms with van der Waals surface area (Å²) in [7, 11) is 0. The average Bonchev–Trinajstić information content (AvgIpc) is 2.31. The molecule has 0 N–H and O–H groups in total. The lowest BCUT2D eigenvalue weighted by atomic mass is 10.1. The first-order chi connectivity index (χ1) is 8.00. The zero-order chi connectivity index (χ0) is 12.6. The molecule has 0 aliphatic heterocycles. The summed E-state index contributed by atoms with van der Waals surface area (Å²) in [6, 6.07) is 7.43. The molecule has 1 nitrogen and oxygen atoms in total. The lowest BCUT2D eigenvalue weighted by molar-refractivity contribution is 1.31. The highest BCUT2D eigenvalue weighted by Crippen LogP contribution is 2.23. The third-order valence-corrected chi connectivity index (χ3v) is 2.55. The number of aromatic nitrogens is 1. The first-order valence-electron chi connectivity index (χ1n) is 5.40. The third-order valence-electron chi connectivity index (χ3n) is 1.66. The fraction of sp³-hybridized carbons (Fsp3) is 0. The van der Waals surface area contributed by atoms with E-state index in [1.54, 1.807) is 0 Å². The molecule has 0 aliphatic rings. The van der Waals surface area contributed by atoms with Gasteiger partial charge in [0.25, 0.3) is 0 Å². The maximum atomic E-state index is 7.91. The Balaban J connectivity index is 2.68. The van der Waals surface area contributed by atoms with Crippen LogP contribution in [0.1, 0.15) is 4.11 Å². The molecule has 70 valence electrons. The highest BCUT2D eigenvalue weighted by atomic mass is 79.9. The van der Waals surface area contributed by atoms with Gasteiger partial charge in [0, 0.05) is 20.7 Å². The number of nitrogens with zero attached hydrogens (tertiary/aromatic N) is 1. The quantitative estimate of drug-likeness (QED) is 0.765. The van der Waals surface area contributed by atoms with Crippen LogP contribution in [0.2, 0.25) is 0 Å². The first-order valence-corrected chi connectivity index (χ1v) is 5.48. The summed E-state index contributed by atoms with van der Waals surface area (Å²) in [4.78, 5) is 3.99. The third kappa shape index (κ3) is 2.22. The molecule has 2 rings (SSSR count). The number of benzene rings is 1. The van der Waals surface area contributed by atoms with E-state index >= 15 is 0 Å². The second kappa shape index (κ2) is 4.24. The SMILES string of the molecule is [2H]c1nc(-c2cccc(Br)c2)c([2H])c(Br)c1[2H]. The Morgan fingerprint density at radius 1 is 1.21 bits per heavy atom. The second-order valence-electron chi connectivity index (χ2n) is 2.65. The maximum Gasteiger partial charge on any atom is 0.0840 e. The van der Waals surface area contributed by atoms with Crippen molar-refractivity contribution in [2.24, 2.45) is 0 Å².